The Morgan fingerprint density at radius 3 is 2.65 bits per heavy atom. The van der Waals surface area contributed by atoms with Crippen molar-refractivity contribution < 1.29 is 0 Å². The van der Waals surface area contributed by atoms with Crippen LogP contribution in [0, 0.1) is 0 Å². The van der Waals surface area contributed by atoms with E-state index in [1.807, 2.05) is 24.3 Å². The molecule has 5 heterocycles. The molecule has 1 aliphatic rings. The predicted molar refractivity (Wildman–Crippen MR) is 134 cm³/mol. The number of anilines is 4. The molecule has 0 atom stereocenters. The predicted octanol–water partition coefficient (Wildman–Crippen LogP) is 5.86. The minimum atomic E-state index is 0.487. The molecule has 1 aliphatic carbocycles. The van der Waals surface area contributed by atoms with Crippen molar-refractivity contribution in [3.8, 4) is 5.82 Å². The standard InChI is InChI=1S/C23H20ClN9S/c24-17-10-15(13-26-21(17)33-9-3-8-27-33)28-16-11-19-18(25-12-16)6-7-20(29-19)30-23-32-31-22(34-23)14-4-1-2-5-14/h3,6-14,28H,1-2,4-5H2,(H,29,30,32). The Labute approximate surface area is 204 Å². The van der Waals surface area contributed by atoms with Gasteiger partial charge in [-0.15, -0.1) is 10.2 Å². The number of aromatic nitrogens is 7. The first kappa shape index (κ1) is 20.9. The molecule has 6 rings (SSSR count). The number of fused-ring (bicyclic) bond motifs is 1. The SMILES string of the molecule is Clc1cc(Nc2cnc3ccc(Nc4nnc(C5CCCC5)s4)nc3c2)cnc1-n1cccn1. The minimum absolute atomic E-state index is 0.487. The van der Waals surface area contributed by atoms with Crippen LogP contribution in [0.4, 0.5) is 22.3 Å². The third-order valence-electron chi connectivity index (χ3n) is 5.75. The van der Waals surface area contributed by atoms with E-state index in [4.69, 9.17) is 16.6 Å². The zero-order chi connectivity index (χ0) is 22.9. The molecule has 34 heavy (non-hydrogen) atoms. The first-order valence-corrected chi connectivity index (χ1v) is 12.2. The van der Waals surface area contributed by atoms with E-state index in [9.17, 15) is 0 Å². The van der Waals surface area contributed by atoms with Gasteiger partial charge in [0.05, 0.1) is 39.8 Å². The van der Waals surface area contributed by atoms with Crippen molar-refractivity contribution in [1.82, 2.24) is 34.9 Å². The molecule has 5 aromatic rings. The Kier molecular flexibility index (Phi) is 5.52. The van der Waals surface area contributed by atoms with Gasteiger partial charge in [-0.1, -0.05) is 35.8 Å². The molecule has 0 bridgehead atoms. The molecule has 170 valence electrons. The number of hydrogen-bond acceptors (Lipinski definition) is 9. The molecule has 0 aliphatic heterocycles. The van der Waals surface area contributed by atoms with Crippen LogP contribution >= 0.6 is 22.9 Å². The Bertz CT molecular complexity index is 1440. The van der Waals surface area contributed by atoms with Gasteiger partial charge in [0, 0.05) is 18.3 Å². The summed E-state index contributed by atoms with van der Waals surface area (Å²) in [6.45, 7) is 0. The number of nitrogens with one attached hydrogen (secondary N) is 2. The highest BCUT2D eigenvalue weighted by Gasteiger charge is 2.21. The molecule has 2 N–H and O–H groups in total. The average Bonchev–Trinajstić information content (AvgIpc) is 3.62. The zero-order valence-electron chi connectivity index (χ0n) is 18.0. The Balaban J connectivity index is 1.20. The molecule has 11 heteroatoms. The number of rotatable bonds is 6. The lowest BCUT2D eigenvalue weighted by Crippen LogP contribution is -2.00. The topological polar surface area (TPSA) is 106 Å². The van der Waals surface area contributed by atoms with Gasteiger partial charge in [-0.2, -0.15) is 5.10 Å². The van der Waals surface area contributed by atoms with E-state index < -0.39 is 0 Å². The van der Waals surface area contributed by atoms with Crippen molar-refractivity contribution in [1.29, 1.82) is 0 Å². The normalized spacial score (nSPS) is 14.0. The maximum Gasteiger partial charge on any atom is 0.211 e. The van der Waals surface area contributed by atoms with Gasteiger partial charge in [0.2, 0.25) is 5.13 Å². The van der Waals surface area contributed by atoms with Gasteiger partial charge in [-0.05, 0) is 43.2 Å². The second kappa shape index (κ2) is 8.96. The highest BCUT2D eigenvalue weighted by atomic mass is 35.5. The van der Waals surface area contributed by atoms with Crippen LogP contribution in [0.3, 0.4) is 0 Å². The van der Waals surface area contributed by atoms with Crippen LogP contribution in [0.15, 0.2) is 55.1 Å². The Hall–Kier alpha value is -3.63. The summed E-state index contributed by atoms with van der Waals surface area (Å²) in [5, 5.41) is 21.8. The van der Waals surface area contributed by atoms with Gasteiger partial charge in [0.25, 0.3) is 0 Å². The molecule has 0 amide bonds. The first-order chi connectivity index (χ1) is 16.7. The summed E-state index contributed by atoms with van der Waals surface area (Å²) in [5.74, 6) is 1.82. The van der Waals surface area contributed by atoms with E-state index >= 15 is 0 Å². The smallest absolute Gasteiger partial charge is 0.211 e. The summed E-state index contributed by atoms with van der Waals surface area (Å²) in [6.07, 6.45) is 11.9. The van der Waals surface area contributed by atoms with Crippen LogP contribution in [0.2, 0.25) is 5.02 Å². The molecule has 0 spiro atoms. The molecule has 9 nitrogen and oxygen atoms in total. The summed E-state index contributed by atoms with van der Waals surface area (Å²) >= 11 is 8.02. The fraction of sp³-hybridized carbons (Fsp3) is 0.217. The molecular weight excluding hydrogens is 470 g/mol. The largest absolute Gasteiger partial charge is 0.353 e. The van der Waals surface area contributed by atoms with Crippen LogP contribution in [0.25, 0.3) is 16.9 Å². The summed E-state index contributed by atoms with van der Waals surface area (Å²) in [6, 6.07) is 9.40. The van der Waals surface area contributed by atoms with E-state index in [0.29, 0.717) is 22.6 Å². The van der Waals surface area contributed by atoms with E-state index in [-0.39, 0.29) is 0 Å². The third kappa shape index (κ3) is 4.29. The van der Waals surface area contributed by atoms with E-state index in [0.717, 1.165) is 32.5 Å². The molecule has 0 radical (unpaired) electrons. The minimum Gasteiger partial charge on any atom is -0.353 e. The van der Waals surface area contributed by atoms with E-state index in [2.05, 4.69) is 35.9 Å². The van der Waals surface area contributed by atoms with Gasteiger partial charge in [-0.25, -0.2) is 14.6 Å². The average molecular weight is 490 g/mol. The Morgan fingerprint density at radius 1 is 0.971 bits per heavy atom. The number of nitrogens with zero attached hydrogens (tertiary/aromatic N) is 7. The van der Waals surface area contributed by atoms with Gasteiger partial charge in [0.1, 0.15) is 10.8 Å². The number of hydrogen-bond donors (Lipinski definition) is 2. The Morgan fingerprint density at radius 2 is 1.82 bits per heavy atom. The molecule has 0 unspecified atom stereocenters. The van der Waals surface area contributed by atoms with Crippen molar-refractivity contribution in [2.75, 3.05) is 10.6 Å². The highest BCUT2D eigenvalue weighted by Crippen LogP contribution is 2.37. The van der Waals surface area contributed by atoms with Crippen molar-refractivity contribution in [2.24, 2.45) is 0 Å². The van der Waals surface area contributed by atoms with Gasteiger partial charge >= 0.3 is 0 Å². The third-order valence-corrected chi connectivity index (χ3v) is 7.03. The molecule has 1 saturated carbocycles. The highest BCUT2D eigenvalue weighted by molar-refractivity contribution is 7.15. The van der Waals surface area contributed by atoms with Crippen LogP contribution in [-0.2, 0) is 0 Å². The summed E-state index contributed by atoms with van der Waals surface area (Å²) < 4.78 is 1.62. The maximum absolute atomic E-state index is 6.41. The molecular formula is C23H20ClN9S. The number of pyridine rings is 3. The summed E-state index contributed by atoms with van der Waals surface area (Å²) in [5.41, 5.74) is 3.07. The quantitative estimate of drug-likeness (QED) is 0.305. The molecule has 0 aromatic carbocycles. The van der Waals surface area contributed by atoms with E-state index in [1.54, 1.807) is 46.9 Å². The lowest BCUT2D eigenvalue weighted by atomic mass is 10.1. The van der Waals surface area contributed by atoms with Crippen molar-refractivity contribution in [3.05, 3.63) is 65.1 Å². The van der Waals surface area contributed by atoms with Gasteiger partial charge < -0.3 is 10.6 Å². The van der Waals surface area contributed by atoms with Crippen LogP contribution in [0.5, 0.6) is 0 Å². The second-order valence-electron chi connectivity index (χ2n) is 8.12. The lowest BCUT2D eigenvalue weighted by Gasteiger charge is -2.10. The molecule has 1 fully saturated rings. The van der Waals surface area contributed by atoms with Gasteiger partial charge in [0.15, 0.2) is 5.82 Å². The van der Waals surface area contributed by atoms with Gasteiger partial charge in [-0.3, -0.25) is 4.98 Å². The van der Waals surface area contributed by atoms with Crippen LogP contribution in [-0.4, -0.2) is 34.9 Å². The van der Waals surface area contributed by atoms with Crippen molar-refractivity contribution >= 4 is 56.3 Å². The monoisotopic (exact) mass is 489 g/mol. The van der Waals surface area contributed by atoms with Crippen LogP contribution in [0.1, 0.15) is 36.6 Å². The maximum atomic E-state index is 6.41. The van der Waals surface area contributed by atoms with E-state index in [1.165, 1.54) is 25.7 Å². The lowest BCUT2D eigenvalue weighted by molar-refractivity contribution is 0.705. The number of halogens is 1. The first-order valence-electron chi connectivity index (χ1n) is 11.0. The molecule has 0 saturated heterocycles. The van der Waals surface area contributed by atoms with Crippen LogP contribution < -0.4 is 10.6 Å². The fourth-order valence-corrected chi connectivity index (χ4v) is 5.28. The second-order valence-corrected chi connectivity index (χ2v) is 9.53. The summed E-state index contributed by atoms with van der Waals surface area (Å²) in [7, 11) is 0. The molecule has 5 aromatic heterocycles. The fourth-order valence-electron chi connectivity index (χ4n) is 4.11. The summed E-state index contributed by atoms with van der Waals surface area (Å²) in [4.78, 5) is 13.7. The van der Waals surface area contributed by atoms with Crippen molar-refractivity contribution in [3.63, 3.8) is 0 Å². The van der Waals surface area contributed by atoms with Crippen molar-refractivity contribution in [2.45, 2.75) is 31.6 Å². The zero-order valence-corrected chi connectivity index (χ0v) is 19.6.